The molecule has 2 aromatic carbocycles. The molecule has 2 aromatic rings. The highest BCUT2D eigenvalue weighted by Crippen LogP contribution is 2.30. The highest BCUT2D eigenvalue weighted by molar-refractivity contribution is 7.89. The van der Waals surface area contributed by atoms with Gasteiger partial charge in [0.15, 0.2) is 11.9 Å². The summed E-state index contributed by atoms with van der Waals surface area (Å²) < 4.78 is 36.9. The molecule has 8 heteroatoms. The molecular weight excluding hydrogens is 394 g/mol. The van der Waals surface area contributed by atoms with Crippen molar-refractivity contribution in [1.82, 2.24) is 4.31 Å². The number of aryl methyl sites for hydroxylation is 1. The molecule has 29 heavy (non-hydrogen) atoms. The molecule has 1 aliphatic rings. The van der Waals surface area contributed by atoms with Gasteiger partial charge in [-0.1, -0.05) is 17.7 Å². The van der Waals surface area contributed by atoms with E-state index in [2.05, 4.69) is 0 Å². The van der Waals surface area contributed by atoms with Crippen LogP contribution in [0.25, 0.3) is 0 Å². The van der Waals surface area contributed by atoms with E-state index >= 15 is 0 Å². The smallest absolute Gasteiger partial charge is 0.347 e. The number of ether oxygens (including phenoxy) is 2. The van der Waals surface area contributed by atoms with Gasteiger partial charge in [-0.3, -0.25) is 4.79 Å². The number of ketones is 1. The number of hydrogen-bond acceptors (Lipinski definition) is 6. The van der Waals surface area contributed by atoms with E-state index in [1.54, 1.807) is 37.3 Å². The van der Waals surface area contributed by atoms with Crippen molar-refractivity contribution in [3.8, 4) is 5.75 Å². The first-order valence-electron chi connectivity index (χ1n) is 9.24. The number of Topliss-reactive ketones (excluding diaryl/α,β-unsaturated/α-hetero) is 1. The van der Waals surface area contributed by atoms with Gasteiger partial charge in [0, 0.05) is 19.0 Å². The number of sulfonamides is 1. The molecular formula is C21H23NO6S. The SMILES string of the molecule is CCOC(=O)C1Cc2cc(C(=O)CN(C)S(=O)(=O)c3ccc(C)cc3)ccc2O1. The van der Waals surface area contributed by atoms with Gasteiger partial charge in [0.25, 0.3) is 0 Å². The molecule has 0 N–H and O–H groups in total. The van der Waals surface area contributed by atoms with Crippen molar-refractivity contribution in [2.24, 2.45) is 0 Å². The average molecular weight is 417 g/mol. The van der Waals surface area contributed by atoms with Gasteiger partial charge in [0.2, 0.25) is 10.0 Å². The van der Waals surface area contributed by atoms with Gasteiger partial charge >= 0.3 is 5.97 Å². The lowest BCUT2D eigenvalue weighted by Gasteiger charge is -2.16. The summed E-state index contributed by atoms with van der Waals surface area (Å²) in [4.78, 5) is 24.7. The van der Waals surface area contributed by atoms with Crippen molar-refractivity contribution in [1.29, 1.82) is 0 Å². The van der Waals surface area contributed by atoms with Gasteiger partial charge in [-0.05, 0) is 49.7 Å². The Labute approximate surface area is 170 Å². The number of rotatable bonds is 7. The van der Waals surface area contributed by atoms with Crippen molar-refractivity contribution >= 4 is 21.8 Å². The summed E-state index contributed by atoms with van der Waals surface area (Å²) in [7, 11) is -2.39. The number of nitrogens with zero attached hydrogens (tertiary/aromatic N) is 1. The van der Waals surface area contributed by atoms with Crippen LogP contribution in [0.3, 0.4) is 0 Å². The van der Waals surface area contributed by atoms with E-state index < -0.39 is 22.1 Å². The summed E-state index contributed by atoms with van der Waals surface area (Å²) in [6.07, 6.45) is -0.410. The maximum atomic E-state index is 12.7. The minimum atomic E-state index is -3.77. The summed E-state index contributed by atoms with van der Waals surface area (Å²) in [5.41, 5.74) is 2.03. The van der Waals surface area contributed by atoms with Crippen molar-refractivity contribution in [3.63, 3.8) is 0 Å². The Morgan fingerprint density at radius 1 is 1.17 bits per heavy atom. The number of esters is 1. The topological polar surface area (TPSA) is 90.0 Å². The number of benzene rings is 2. The summed E-state index contributed by atoms with van der Waals surface area (Å²) in [6.45, 7) is 3.56. The summed E-state index contributed by atoms with van der Waals surface area (Å²) in [5.74, 6) is -0.258. The quantitative estimate of drug-likeness (QED) is 0.508. The van der Waals surface area contributed by atoms with E-state index in [1.807, 2.05) is 6.92 Å². The van der Waals surface area contributed by atoms with Crippen LogP contribution < -0.4 is 4.74 Å². The van der Waals surface area contributed by atoms with E-state index in [4.69, 9.17) is 9.47 Å². The molecule has 0 saturated carbocycles. The van der Waals surface area contributed by atoms with Gasteiger partial charge in [-0.2, -0.15) is 4.31 Å². The molecule has 0 fully saturated rings. The molecule has 0 bridgehead atoms. The molecule has 0 aromatic heterocycles. The standard InChI is InChI=1S/C21H23NO6S/c1-4-27-21(24)20-12-16-11-15(7-10-19(16)28-20)18(23)13-22(3)29(25,26)17-8-5-14(2)6-9-17/h5-11,20H,4,12-13H2,1-3H3. The second kappa shape index (κ2) is 8.34. The summed E-state index contributed by atoms with van der Waals surface area (Å²) in [5, 5.41) is 0. The first kappa shape index (κ1) is 21.0. The van der Waals surface area contributed by atoms with Crippen LogP contribution in [0, 0.1) is 6.92 Å². The Hall–Kier alpha value is -2.71. The number of likely N-dealkylation sites (N-methyl/N-ethyl adjacent to an activating group) is 1. The minimum Gasteiger partial charge on any atom is -0.478 e. The molecule has 154 valence electrons. The Balaban J connectivity index is 1.71. The molecule has 0 spiro atoms. The maximum Gasteiger partial charge on any atom is 0.347 e. The number of fused-ring (bicyclic) bond motifs is 1. The average Bonchev–Trinajstić information content (AvgIpc) is 3.12. The molecule has 1 heterocycles. The van der Waals surface area contributed by atoms with E-state index in [9.17, 15) is 18.0 Å². The lowest BCUT2D eigenvalue weighted by Crippen LogP contribution is -2.32. The predicted octanol–water partition coefficient (Wildman–Crippen LogP) is 2.37. The zero-order valence-electron chi connectivity index (χ0n) is 16.5. The Bertz CT molecular complexity index is 1030. The second-order valence-electron chi connectivity index (χ2n) is 6.88. The molecule has 0 amide bonds. The Kier molecular flexibility index (Phi) is 6.04. The fourth-order valence-electron chi connectivity index (χ4n) is 3.06. The van der Waals surface area contributed by atoms with Gasteiger partial charge in [-0.15, -0.1) is 0 Å². The van der Waals surface area contributed by atoms with Crippen molar-refractivity contribution in [3.05, 3.63) is 59.2 Å². The third-order valence-corrected chi connectivity index (χ3v) is 6.52. The number of carbonyl (C=O) groups excluding carboxylic acids is 2. The highest BCUT2D eigenvalue weighted by Gasteiger charge is 2.31. The molecule has 7 nitrogen and oxygen atoms in total. The normalized spacial score (nSPS) is 15.7. The lowest BCUT2D eigenvalue weighted by molar-refractivity contribution is -0.150. The molecule has 0 radical (unpaired) electrons. The van der Waals surface area contributed by atoms with Crippen LogP contribution >= 0.6 is 0 Å². The third-order valence-electron chi connectivity index (χ3n) is 4.70. The second-order valence-corrected chi connectivity index (χ2v) is 8.93. The molecule has 1 atom stereocenters. The Morgan fingerprint density at radius 2 is 1.86 bits per heavy atom. The van der Waals surface area contributed by atoms with Crippen molar-refractivity contribution < 1.29 is 27.5 Å². The molecule has 1 aliphatic heterocycles. The van der Waals surface area contributed by atoms with Crippen molar-refractivity contribution in [2.75, 3.05) is 20.2 Å². The van der Waals surface area contributed by atoms with Crippen LogP contribution in [-0.4, -0.2) is 50.8 Å². The zero-order valence-corrected chi connectivity index (χ0v) is 17.4. The zero-order chi connectivity index (χ0) is 21.2. The molecule has 1 unspecified atom stereocenters. The predicted molar refractivity (Wildman–Crippen MR) is 107 cm³/mol. The van der Waals surface area contributed by atoms with Crippen molar-refractivity contribution in [2.45, 2.75) is 31.3 Å². The monoisotopic (exact) mass is 417 g/mol. The van der Waals surface area contributed by atoms with E-state index in [-0.39, 0.29) is 23.8 Å². The summed E-state index contributed by atoms with van der Waals surface area (Å²) >= 11 is 0. The first-order valence-corrected chi connectivity index (χ1v) is 10.7. The molecule has 0 saturated heterocycles. The summed E-state index contributed by atoms with van der Waals surface area (Å²) in [6, 6.07) is 11.3. The fourth-order valence-corrected chi connectivity index (χ4v) is 4.18. The van der Waals surface area contributed by atoms with Crippen LogP contribution in [0.2, 0.25) is 0 Å². The van der Waals surface area contributed by atoms with Gasteiger partial charge in [0.1, 0.15) is 5.75 Å². The number of carbonyl (C=O) groups is 2. The Morgan fingerprint density at radius 3 is 2.52 bits per heavy atom. The number of hydrogen-bond donors (Lipinski definition) is 0. The minimum absolute atomic E-state index is 0.137. The maximum absolute atomic E-state index is 12.7. The van der Waals surface area contributed by atoms with Crippen LogP contribution in [0.1, 0.15) is 28.4 Å². The van der Waals surface area contributed by atoms with Gasteiger partial charge < -0.3 is 9.47 Å². The van der Waals surface area contributed by atoms with E-state index in [0.717, 1.165) is 15.4 Å². The first-order chi connectivity index (χ1) is 13.7. The highest BCUT2D eigenvalue weighted by atomic mass is 32.2. The van der Waals surface area contributed by atoms with Gasteiger partial charge in [-0.25, -0.2) is 13.2 Å². The largest absolute Gasteiger partial charge is 0.478 e. The van der Waals surface area contributed by atoms with Crippen LogP contribution in [0.5, 0.6) is 5.75 Å². The van der Waals surface area contributed by atoms with E-state index in [0.29, 0.717) is 17.7 Å². The van der Waals surface area contributed by atoms with Crippen LogP contribution in [0.15, 0.2) is 47.4 Å². The van der Waals surface area contributed by atoms with Crippen LogP contribution in [-0.2, 0) is 26.0 Å². The van der Waals surface area contributed by atoms with E-state index in [1.165, 1.54) is 19.2 Å². The fraction of sp³-hybridized carbons (Fsp3) is 0.333. The van der Waals surface area contributed by atoms with Gasteiger partial charge in [0.05, 0.1) is 18.0 Å². The lowest BCUT2D eigenvalue weighted by atomic mass is 10.0. The molecule has 0 aliphatic carbocycles. The van der Waals surface area contributed by atoms with Crippen LogP contribution in [0.4, 0.5) is 0 Å². The molecule has 3 rings (SSSR count). The third kappa shape index (κ3) is 4.49.